The van der Waals surface area contributed by atoms with Crippen LogP contribution in [0.15, 0.2) is 35.3 Å². The number of amides is 1. The maximum absolute atomic E-state index is 11.6. The van der Waals surface area contributed by atoms with Gasteiger partial charge in [-0.15, -0.1) is 0 Å². The number of rotatable bonds is 5. The summed E-state index contributed by atoms with van der Waals surface area (Å²) < 4.78 is 5.16. The van der Waals surface area contributed by atoms with Gasteiger partial charge in [0.05, 0.1) is 6.04 Å². The predicted molar refractivity (Wildman–Crippen MR) is 78.5 cm³/mol. The van der Waals surface area contributed by atoms with E-state index < -0.39 is 0 Å². The fourth-order valence-corrected chi connectivity index (χ4v) is 2.55. The summed E-state index contributed by atoms with van der Waals surface area (Å²) in [5.74, 6) is 0.437. The monoisotopic (exact) mass is 288 g/mol. The number of isocyanates is 1. The van der Waals surface area contributed by atoms with Gasteiger partial charge in [0, 0.05) is 6.54 Å². The lowest BCUT2D eigenvalue weighted by Gasteiger charge is -2.25. The minimum Gasteiger partial charge on any atom is -0.445 e. The van der Waals surface area contributed by atoms with Crippen LogP contribution in [-0.4, -0.2) is 24.8 Å². The molecule has 1 aromatic carbocycles. The van der Waals surface area contributed by atoms with E-state index in [2.05, 4.69) is 10.3 Å². The highest BCUT2D eigenvalue weighted by molar-refractivity contribution is 5.67. The Labute approximate surface area is 124 Å². The van der Waals surface area contributed by atoms with Crippen LogP contribution in [0, 0.1) is 5.92 Å². The van der Waals surface area contributed by atoms with Crippen molar-refractivity contribution in [3.8, 4) is 0 Å². The lowest BCUT2D eigenvalue weighted by molar-refractivity contribution is 0.136. The first kappa shape index (κ1) is 15.3. The number of aliphatic imine (C=N–C) groups is 1. The zero-order valence-electron chi connectivity index (χ0n) is 12.0. The summed E-state index contributed by atoms with van der Waals surface area (Å²) in [5.41, 5.74) is 0.972. The topological polar surface area (TPSA) is 67.8 Å². The van der Waals surface area contributed by atoms with Crippen molar-refractivity contribution in [2.24, 2.45) is 10.9 Å². The highest BCUT2D eigenvalue weighted by atomic mass is 16.5. The van der Waals surface area contributed by atoms with E-state index in [0.717, 1.165) is 31.2 Å². The zero-order chi connectivity index (χ0) is 14.9. The average molecular weight is 288 g/mol. The van der Waals surface area contributed by atoms with Crippen molar-refractivity contribution in [1.29, 1.82) is 0 Å². The maximum atomic E-state index is 11.6. The summed E-state index contributed by atoms with van der Waals surface area (Å²) in [4.78, 5) is 25.6. The van der Waals surface area contributed by atoms with Crippen LogP contribution in [0.1, 0.15) is 31.2 Å². The largest absolute Gasteiger partial charge is 0.445 e. The number of carbonyl (C=O) groups excluding carboxylic acids is 2. The van der Waals surface area contributed by atoms with Crippen molar-refractivity contribution < 1.29 is 14.3 Å². The minimum atomic E-state index is -0.383. The van der Waals surface area contributed by atoms with E-state index in [4.69, 9.17) is 4.74 Å². The molecule has 0 unspecified atom stereocenters. The molecule has 1 fully saturated rings. The molecular weight excluding hydrogens is 268 g/mol. The van der Waals surface area contributed by atoms with Crippen LogP contribution in [0.4, 0.5) is 4.79 Å². The van der Waals surface area contributed by atoms with Gasteiger partial charge in [-0.1, -0.05) is 30.3 Å². The first-order valence-corrected chi connectivity index (χ1v) is 7.29. The summed E-state index contributed by atoms with van der Waals surface area (Å²) >= 11 is 0. The van der Waals surface area contributed by atoms with Crippen LogP contribution < -0.4 is 5.32 Å². The molecule has 0 radical (unpaired) electrons. The molecule has 0 atom stereocenters. The molecule has 1 N–H and O–H groups in total. The van der Waals surface area contributed by atoms with Gasteiger partial charge < -0.3 is 10.1 Å². The van der Waals surface area contributed by atoms with Crippen molar-refractivity contribution in [3.05, 3.63) is 35.9 Å². The van der Waals surface area contributed by atoms with Crippen LogP contribution >= 0.6 is 0 Å². The van der Waals surface area contributed by atoms with Gasteiger partial charge in [-0.25, -0.2) is 14.6 Å². The van der Waals surface area contributed by atoms with Gasteiger partial charge in [0.25, 0.3) is 0 Å². The number of benzene rings is 1. The molecule has 5 heteroatoms. The summed E-state index contributed by atoms with van der Waals surface area (Å²) in [6.45, 7) is 0.901. The quantitative estimate of drug-likeness (QED) is 0.669. The normalized spacial score (nSPS) is 21.1. The molecule has 21 heavy (non-hydrogen) atoms. The zero-order valence-corrected chi connectivity index (χ0v) is 12.0. The van der Waals surface area contributed by atoms with E-state index in [1.54, 1.807) is 6.08 Å². The SMILES string of the molecule is O=C=NC1CCC(CNC(=O)OCc2ccccc2)CC1. The Morgan fingerprint density at radius 3 is 2.62 bits per heavy atom. The molecule has 112 valence electrons. The molecule has 2 rings (SSSR count). The fraction of sp³-hybridized carbons (Fsp3) is 0.500. The molecule has 0 bridgehead atoms. The standard InChI is InChI=1S/C16H20N2O3/c19-12-18-15-8-6-13(7-9-15)10-17-16(20)21-11-14-4-2-1-3-5-14/h1-5,13,15H,6-11H2,(H,17,20). The van der Waals surface area contributed by atoms with Gasteiger partial charge >= 0.3 is 6.09 Å². The molecule has 0 aliphatic heterocycles. The number of hydrogen-bond donors (Lipinski definition) is 1. The van der Waals surface area contributed by atoms with Crippen LogP contribution in [-0.2, 0) is 16.1 Å². The molecule has 1 amide bonds. The number of alkyl carbamates (subject to hydrolysis) is 1. The molecular formula is C16H20N2O3. The van der Waals surface area contributed by atoms with E-state index >= 15 is 0 Å². The molecule has 1 saturated carbocycles. The fourth-order valence-electron chi connectivity index (χ4n) is 2.55. The van der Waals surface area contributed by atoms with Crippen molar-refractivity contribution in [3.63, 3.8) is 0 Å². The Hall–Kier alpha value is -2.13. The van der Waals surface area contributed by atoms with Crippen LogP contribution in [0.2, 0.25) is 0 Å². The molecule has 1 aliphatic rings. The molecule has 0 spiro atoms. The lowest BCUT2D eigenvalue weighted by atomic mass is 9.86. The van der Waals surface area contributed by atoms with Gasteiger partial charge in [0.15, 0.2) is 0 Å². The van der Waals surface area contributed by atoms with Crippen molar-refractivity contribution >= 4 is 12.2 Å². The maximum Gasteiger partial charge on any atom is 0.407 e. The molecule has 0 heterocycles. The van der Waals surface area contributed by atoms with Gasteiger partial charge in [-0.05, 0) is 37.2 Å². The molecule has 1 aliphatic carbocycles. The van der Waals surface area contributed by atoms with Crippen LogP contribution in [0.3, 0.4) is 0 Å². The predicted octanol–water partition coefficient (Wildman–Crippen LogP) is 2.81. The number of hydrogen-bond acceptors (Lipinski definition) is 4. The van der Waals surface area contributed by atoms with Crippen molar-refractivity contribution in [2.45, 2.75) is 38.3 Å². The second-order valence-corrected chi connectivity index (χ2v) is 5.34. The minimum absolute atomic E-state index is 0.115. The van der Waals surface area contributed by atoms with Crippen LogP contribution in [0.5, 0.6) is 0 Å². The highest BCUT2D eigenvalue weighted by Crippen LogP contribution is 2.25. The Balaban J connectivity index is 1.62. The molecule has 1 aromatic rings. The summed E-state index contributed by atoms with van der Waals surface area (Å²) in [5, 5.41) is 2.80. The smallest absolute Gasteiger partial charge is 0.407 e. The van der Waals surface area contributed by atoms with E-state index in [-0.39, 0.29) is 18.7 Å². The van der Waals surface area contributed by atoms with E-state index in [9.17, 15) is 9.59 Å². The Morgan fingerprint density at radius 1 is 1.24 bits per heavy atom. The average Bonchev–Trinajstić information content (AvgIpc) is 2.53. The number of nitrogens with one attached hydrogen (secondary N) is 1. The van der Waals surface area contributed by atoms with Gasteiger partial charge in [0.1, 0.15) is 6.61 Å². The highest BCUT2D eigenvalue weighted by Gasteiger charge is 2.21. The van der Waals surface area contributed by atoms with Crippen molar-refractivity contribution in [2.75, 3.05) is 6.54 Å². The Bertz CT molecular complexity index is 490. The van der Waals surface area contributed by atoms with Gasteiger partial charge in [-0.3, -0.25) is 0 Å². The second kappa shape index (κ2) is 8.22. The lowest BCUT2D eigenvalue weighted by Crippen LogP contribution is -2.32. The third kappa shape index (κ3) is 5.40. The van der Waals surface area contributed by atoms with E-state index in [1.165, 1.54) is 0 Å². The second-order valence-electron chi connectivity index (χ2n) is 5.34. The first-order chi connectivity index (χ1) is 10.3. The van der Waals surface area contributed by atoms with Crippen molar-refractivity contribution in [1.82, 2.24) is 5.32 Å². The third-order valence-electron chi connectivity index (χ3n) is 3.80. The third-order valence-corrected chi connectivity index (χ3v) is 3.80. The van der Waals surface area contributed by atoms with Gasteiger partial charge in [0.2, 0.25) is 6.08 Å². The van der Waals surface area contributed by atoms with Gasteiger partial charge in [-0.2, -0.15) is 0 Å². The molecule has 0 aromatic heterocycles. The number of nitrogens with zero attached hydrogens (tertiary/aromatic N) is 1. The Kier molecular flexibility index (Phi) is 5.98. The summed E-state index contributed by atoms with van der Waals surface area (Å²) in [6, 6.07) is 9.70. The number of carbonyl (C=O) groups is 1. The number of ether oxygens (including phenoxy) is 1. The van der Waals surface area contributed by atoms with Crippen LogP contribution in [0.25, 0.3) is 0 Å². The first-order valence-electron chi connectivity index (χ1n) is 7.29. The van der Waals surface area contributed by atoms with E-state index in [0.29, 0.717) is 12.5 Å². The molecule has 0 saturated heterocycles. The Morgan fingerprint density at radius 2 is 1.95 bits per heavy atom. The van der Waals surface area contributed by atoms with E-state index in [1.807, 2.05) is 30.3 Å². The summed E-state index contributed by atoms with van der Waals surface area (Å²) in [6.07, 6.45) is 4.95. The summed E-state index contributed by atoms with van der Waals surface area (Å²) in [7, 11) is 0. The molecule has 5 nitrogen and oxygen atoms in total.